The Balaban J connectivity index is 1.31. The van der Waals surface area contributed by atoms with Crippen molar-refractivity contribution in [1.82, 2.24) is 10.1 Å². The van der Waals surface area contributed by atoms with E-state index in [1.165, 1.54) is 37.7 Å². The fraction of sp³-hybridized carbons (Fsp3) is 0.423. The Hall–Kier alpha value is -2.95. The smallest absolute Gasteiger partial charge is 0.339 e. The van der Waals surface area contributed by atoms with Crippen LogP contribution in [0, 0.1) is 6.92 Å². The highest BCUT2D eigenvalue weighted by Gasteiger charge is 2.42. The Morgan fingerprint density at radius 1 is 1.06 bits per heavy atom. The number of fused-ring (bicyclic) bond motifs is 1. The Morgan fingerprint density at radius 3 is 2.61 bits per heavy atom. The maximum atomic E-state index is 12.6. The Labute approximate surface area is 182 Å². The quantitative estimate of drug-likeness (QED) is 0.515. The average molecular weight is 417 g/mol. The molecule has 5 rings (SSSR count). The number of hydrogen-bond donors (Lipinski definition) is 0. The van der Waals surface area contributed by atoms with Crippen LogP contribution in [0.4, 0.5) is 0 Å². The molecule has 1 aliphatic heterocycles. The Bertz CT molecular complexity index is 1100. The summed E-state index contributed by atoms with van der Waals surface area (Å²) in [6.45, 7) is 3.80. The molecule has 0 N–H and O–H groups in total. The standard InChI is InChI=1S/C26H28N2O3/c1-17-8-11-21-16-26(2,30-24(29)22(21)14-17)25-27-23(28-31-25)15-18-9-12-20(13-10-18)19-6-4-3-5-7-19/h8-14,19H,3-7,15-16H2,1-2H3. The van der Waals surface area contributed by atoms with E-state index in [-0.39, 0.29) is 5.97 Å². The van der Waals surface area contributed by atoms with E-state index in [4.69, 9.17) is 9.26 Å². The van der Waals surface area contributed by atoms with Crippen molar-refractivity contribution in [2.75, 3.05) is 0 Å². The molecule has 1 aliphatic carbocycles. The molecule has 0 spiro atoms. The molecule has 3 aromatic rings. The van der Waals surface area contributed by atoms with Gasteiger partial charge < -0.3 is 9.26 Å². The molecule has 1 aromatic heterocycles. The molecule has 0 saturated heterocycles. The number of aryl methyl sites for hydroxylation is 1. The Morgan fingerprint density at radius 2 is 1.84 bits per heavy atom. The minimum atomic E-state index is -0.949. The van der Waals surface area contributed by atoms with Crippen LogP contribution in [0.1, 0.15) is 89.3 Å². The molecule has 2 aromatic carbocycles. The summed E-state index contributed by atoms with van der Waals surface area (Å²) in [5, 5.41) is 4.16. The summed E-state index contributed by atoms with van der Waals surface area (Å²) in [5.74, 6) is 1.31. The summed E-state index contributed by atoms with van der Waals surface area (Å²) in [6, 6.07) is 14.7. The molecule has 1 atom stereocenters. The number of rotatable bonds is 4. The summed E-state index contributed by atoms with van der Waals surface area (Å²) >= 11 is 0. The number of hydrogen-bond acceptors (Lipinski definition) is 5. The van der Waals surface area contributed by atoms with E-state index < -0.39 is 5.60 Å². The molecule has 1 fully saturated rings. The van der Waals surface area contributed by atoms with Gasteiger partial charge in [0.25, 0.3) is 5.89 Å². The number of ether oxygens (including phenoxy) is 1. The summed E-state index contributed by atoms with van der Waals surface area (Å²) in [7, 11) is 0. The highest BCUT2D eigenvalue weighted by Crippen LogP contribution is 2.36. The van der Waals surface area contributed by atoms with E-state index in [9.17, 15) is 4.79 Å². The van der Waals surface area contributed by atoms with Crippen molar-refractivity contribution < 1.29 is 14.1 Å². The number of cyclic esters (lactones) is 1. The maximum absolute atomic E-state index is 12.6. The normalized spacial score (nSPS) is 21.5. The molecular formula is C26H28N2O3. The first-order valence-electron chi connectivity index (χ1n) is 11.2. The molecule has 5 nitrogen and oxygen atoms in total. The van der Waals surface area contributed by atoms with E-state index in [0.29, 0.717) is 36.0 Å². The van der Waals surface area contributed by atoms with Crippen molar-refractivity contribution in [3.8, 4) is 0 Å². The summed E-state index contributed by atoms with van der Waals surface area (Å²) < 4.78 is 11.3. The van der Waals surface area contributed by atoms with Gasteiger partial charge in [0.1, 0.15) is 0 Å². The largest absolute Gasteiger partial charge is 0.445 e. The van der Waals surface area contributed by atoms with Gasteiger partial charge in [-0.25, -0.2) is 4.79 Å². The lowest BCUT2D eigenvalue weighted by Gasteiger charge is -2.31. The van der Waals surface area contributed by atoms with Crippen LogP contribution in [0.15, 0.2) is 47.0 Å². The highest BCUT2D eigenvalue weighted by atomic mass is 16.6. The zero-order chi connectivity index (χ0) is 21.4. The van der Waals surface area contributed by atoms with Crippen LogP contribution in [0.5, 0.6) is 0 Å². The van der Waals surface area contributed by atoms with Gasteiger partial charge in [-0.3, -0.25) is 0 Å². The fourth-order valence-corrected chi connectivity index (χ4v) is 4.88. The Kier molecular flexibility index (Phi) is 5.12. The van der Waals surface area contributed by atoms with Gasteiger partial charge in [-0.15, -0.1) is 0 Å². The minimum Gasteiger partial charge on any atom is -0.445 e. The van der Waals surface area contributed by atoms with Gasteiger partial charge in [0.15, 0.2) is 11.4 Å². The lowest BCUT2D eigenvalue weighted by atomic mass is 9.84. The third-order valence-corrected chi connectivity index (χ3v) is 6.67. The van der Waals surface area contributed by atoms with E-state index >= 15 is 0 Å². The molecule has 0 amide bonds. The predicted octanol–water partition coefficient (Wildman–Crippen LogP) is 5.64. The number of carbonyl (C=O) groups is 1. The third-order valence-electron chi connectivity index (χ3n) is 6.67. The van der Waals surface area contributed by atoms with Crippen LogP contribution in [0.25, 0.3) is 0 Å². The fourth-order valence-electron chi connectivity index (χ4n) is 4.88. The molecular weight excluding hydrogens is 388 g/mol. The second-order valence-corrected chi connectivity index (χ2v) is 9.23. The summed E-state index contributed by atoms with van der Waals surface area (Å²) in [4.78, 5) is 17.2. The summed E-state index contributed by atoms with van der Waals surface area (Å²) in [5.41, 5.74) is 4.24. The molecule has 1 unspecified atom stereocenters. The van der Waals surface area contributed by atoms with Crippen LogP contribution in [-0.4, -0.2) is 16.1 Å². The van der Waals surface area contributed by atoms with Gasteiger partial charge in [0.05, 0.1) is 5.56 Å². The van der Waals surface area contributed by atoms with E-state index in [2.05, 4.69) is 34.4 Å². The minimum absolute atomic E-state index is 0.342. The topological polar surface area (TPSA) is 65.2 Å². The first kappa shape index (κ1) is 20.0. The summed E-state index contributed by atoms with van der Waals surface area (Å²) in [6.07, 6.45) is 7.76. The van der Waals surface area contributed by atoms with Gasteiger partial charge in [-0.1, -0.05) is 66.4 Å². The van der Waals surface area contributed by atoms with Crippen LogP contribution < -0.4 is 0 Å². The van der Waals surface area contributed by atoms with Crippen LogP contribution >= 0.6 is 0 Å². The number of carbonyl (C=O) groups excluding carboxylic acids is 1. The first-order chi connectivity index (χ1) is 15.0. The van der Waals surface area contributed by atoms with Gasteiger partial charge in [-0.05, 0) is 55.4 Å². The average Bonchev–Trinajstić information content (AvgIpc) is 3.25. The predicted molar refractivity (Wildman–Crippen MR) is 117 cm³/mol. The molecule has 160 valence electrons. The van der Waals surface area contributed by atoms with Crippen molar-refractivity contribution in [3.05, 3.63) is 82.0 Å². The zero-order valence-corrected chi connectivity index (χ0v) is 18.2. The highest BCUT2D eigenvalue weighted by molar-refractivity contribution is 5.92. The van der Waals surface area contributed by atoms with Gasteiger partial charge in [0.2, 0.25) is 0 Å². The van der Waals surface area contributed by atoms with Crippen molar-refractivity contribution in [2.24, 2.45) is 0 Å². The second kappa shape index (κ2) is 7.95. The second-order valence-electron chi connectivity index (χ2n) is 9.23. The molecule has 5 heteroatoms. The number of nitrogens with zero attached hydrogens (tertiary/aromatic N) is 2. The van der Waals surface area contributed by atoms with E-state index in [1.54, 1.807) is 0 Å². The van der Waals surface area contributed by atoms with E-state index in [1.807, 2.05) is 32.0 Å². The van der Waals surface area contributed by atoms with E-state index in [0.717, 1.165) is 16.7 Å². The molecule has 0 bridgehead atoms. The van der Waals surface area contributed by atoms with Crippen molar-refractivity contribution in [1.29, 1.82) is 0 Å². The lowest BCUT2D eigenvalue weighted by Crippen LogP contribution is -2.37. The molecule has 2 heterocycles. The molecule has 31 heavy (non-hydrogen) atoms. The van der Waals surface area contributed by atoms with Gasteiger partial charge in [0, 0.05) is 12.8 Å². The van der Waals surface area contributed by atoms with Crippen molar-refractivity contribution >= 4 is 5.97 Å². The van der Waals surface area contributed by atoms with Crippen LogP contribution in [0.2, 0.25) is 0 Å². The van der Waals surface area contributed by atoms with Gasteiger partial charge in [-0.2, -0.15) is 4.98 Å². The SMILES string of the molecule is Cc1ccc2c(c1)C(=O)OC(C)(c1nc(Cc3ccc(C4CCCCC4)cc3)no1)C2. The number of esters is 1. The third kappa shape index (κ3) is 4.01. The van der Waals surface area contributed by atoms with Crippen LogP contribution in [0.3, 0.4) is 0 Å². The van der Waals surface area contributed by atoms with Gasteiger partial charge >= 0.3 is 5.97 Å². The lowest BCUT2D eigenvalue weighted by molar-refractivity contribution is -0.0337. The van der Waals surface area contributed by atoms with Crippen molar-refractivity contribution in [2.45, 2.75) is 70.3 Å². The molecule has 0 radical (unpaired) electrons. The van der Waals surface area contributed by atoms with Crippen LogP contribution in [-0.2, 0) is 23.2 Å². The first-order valence-corrected chi connectivity index (χ1v) is 11.2. The maximum Gasteiger partial charge on any atom is 0.339 e. The molecule has 1 saturated carbocycles. The molecule has 2 aliphatic rings. The van der Waals surface area contributed by atoms with Crippen molar-refractivity contribution in [3.63, 3.8) is 0 Å². The zero-order valence-electron chi connectivity index (χ0n) is 18.2. The monoisotopic (exact) mass is 416 g/mol. The number of aromatic nitrogens is 2. The number of benzene rings is 2.